The summed E-state index contributed by atoms with van der Waals surface area (Å²) in [6.07, 6.45) is 0. The Hall–Kier alpha value is -1.04. The third-order valence-corrected chi connectivity index (χ3v) is 6.38. The van der Waals surface area contributed by atoms with Gasteiger partial charge in [0.05, 0.1) is 17.3 Å². The fraction of sp³-hybridized carbons (Fsp3) is 0.353. The highest BCUT2D eigenvalue weighted by Crippen LogP contribution is 2.25. The van der Waals surface area contributed by atoms with Crippen LogP contribution in [0.1, 0.15) is 12.6 Å². The number of guanidine groups is 1. The summed E-state index contributed by atoms with van der Waals surface area (Å²) in [7, 11) is -1.96. The Morgan fingerprint density at radius 1 is 1.25 bits per heavy atom. The van der Waals surface area contributed by atoms with Gasteiger partial charge in [-0.3, -0.25) is 0 Å². The highest BCUT2D eigenvalue weighted by molar-refractivity contribution is 14.0. The van der Waals surface area contributed by atoms with E-state index in [1.807, 2.05) is 6.92 Å². The maximum atomic E-state index is 13.7. The van der Waals surface area contributed by atoms with Gasteiger partial charge in [0.1, 0.15) is 15.9 Å². The van der Waals surface area contributed by atoms with Gasteiger partial charge in [-0.2, -0.15) is 0 Å². The molecule has 6 nitrogen and oxygen atoms in total. The van der Waals surface area contributed by atoms with Crippen molar-refractivity contribution in [3.8, 4) is 0 Å². The fourth-order valence-corrected chi connectivity index (χ4v) is 4.01. The van der Waals surface area contributed by atoms with Crippen LogP contribution in [0.2, 0.25) is 10.2 Å². The average molecular weight is 563 g/mol. The van der Waals surface area contributed by atoms with E-state index in [2.05, 4.69) is 15.6 Å². The first-order chi connectivity index (χ1) is 12.8. The molecule has 0 atom stereocenters. The van der Waals surface area contributed by atoms with E-state index in [1.165, 1.54) is 18.2 Å². The molecule has 0 unspecified atom stereocenters. The van der Waals surface area contributed by atoms with Crippen LogP contribution in [0.25, 0.3) is 0 Å². The summed E-state index contributed by atoms with van der Waals surface area (Å²) in [5, 5.41) is 6.83. The van der Waals surface area contributed by atoms with Crippen molar-refractivity contribution in [3.05, 3.63) is 52.0 Å². The van der Waals surface area contributed by atoms with Crippen LogP contribution in [0.3, 0.4) is 0 Å². The van der Waals surface area contributed by atoms with Crippen LogP contribution in [-0.2, 0) is 23.4 Å². The molecule has 2 rings (SSSR count). The van der Waals surface area contributed by atoms with Crippen LogP contribution in [0.15, 0.2) is 40.2 Å². The third-order valence-electron chi connectivity index (χ3n) is 3.79. The van der Waals surface area contributed by atoms with Gasteiger partial charge in [0.2, 0.25) is 0 Å². The van der Waals surface area contributed by atoms with E-state index in [9.17, 15) is 12.8 Å². The lowest BCUT2D eigenvalue weighted by Gasteiger charge is -2.12. The number of hydrogen-bond donors (Lipinski definition) is 2. The van der Waals surface area contributed by atoms with E-state index < -0.39 is 15.7 Å². The van der Waals surface area contributed by atoms with Crippen LogP contribution >= 0.6 is 47.2 Å². The van der Waals surface area contributed by atoms with Crippen molar-refractivity contribution in [2.75, 3.05) is 18.8 Å². The predicted octanol–water partition coefficient (Wildman–Crippen LogP) is 3.62. The maximum Gasteiger partial charge on any atom is 0.191 e. The second-order valence-electron chi connectivity index (χ2n) is 5.70. The summed E-state index contributed by atoms with van der Waals surface area (Å²) >= 11 is 12.0. The van der Waals surface area contributed by atoms with Crippen LogP contribution < -0.4 is 10.6 Å². The number of aromatic nitrogens is 1. The lowest BCUT2D eigenvalue weighted by molar-refractivity contribution is 0.566. The maximum absolute atomic E-state index is 13.7. The van der Waals surface area contributed by atoms with Crippen molar-refractivity contribution < 1.29 is 12.8 Å². The minimum atomic E-state index is -3.74. The number of aliphatic imine (C=N–C) groups is 1. The van der Waals surface area contributed by atoms with E-state index in [0.29, 0.717) is 29.2 Å². The standard InChI is InChI=1S/C17H21Cl2FN4O2S.HI/c1-3-21-17(23-11-12-10-13(18)16(19)24(12)2)22-8-9-27(25,26)15-7-5-4-6-14(15)20;/h4-7,10H,3,8-9,11H2,1-2H3,(H2,21,22,23);1H. The van der Waals surface area contributed by atoms with Crippen molar-refractivity contribution in [1.82, 2.24) is 15.2 Å². The molecule has 0 aliphatic heterocycles. The van der Waals surface area contributed by atoms with Crippen molar-refractivity contribution in [3.63, 3.8) is 0 Å². The van der Waals surface area contributed by atoms with Gasteiger partial charge in [0.25, 0.3) is 0 Å². The Balaban J connectivity index is 0.00000392. The molecular weight excluding hydrogens is 541 g/mol. The number of hydrogen-bond acceptors (Lipinski definition) is 3. The summed E-state index contributed by atoms with van der Waals surface area (Å²) in [6, 6.07) is 7.05. The number of sulfone groups is 1. The molecule has 0 amide bonds. The number of nitrogens with one attached hydrogen (secondary N) is 2. The zero-order chi connectivity index (χ0) is 20.0. The molecule has 0 bridgehead atoms. The quantitative estimate of drug-likeness (QED) is 0.307. The zero-order valence-corrected chi connectivity index (χ0v) is 20.0. The molecule has 1 heterocycles. The van der Waals surface area contributed by atoms with Gasteiger partial charge in [0.15, 0.2) is 15.8 Å². The second kappa shape index (κ2) is 11.2. The van der Waals surface area contributed by atoms with Crippen LogP contribution in [0.5, 0.6) is 0 Å². The lowest BCUT2D eigenvalue weighted by Crippen LogP contribution is -2.39. The zero-order valence-electron chi connectivity index (χ0n) is 15.4. The molecular formula is C17H22Cl2FIN4O2S. The number of rotatable bonds is 7. The number of benzene rings is 1. The molecule has 0 radical (unpaired) electrons. The minimum Gasteiger partial charge on any atom is -0.357 e. The highest BCUT2D eigenvalue weighted by atomic mass is 127. The molecule has 0 fully saturated rings. The Bertz CT molecular complexity index is 935. The minimum absolute atomic E-state index is 0. The van der Waals surface area contributed by atoms with Gasteiger partial charge >= 0.3 is 0 Å². The molecule has 0 saturated heterocycles. The van der Waals surface area contributed by atoms with E-state index >= 15 is 0 Å². The monoisotopic (exact) mass is 562 g/mol. The van der Waals surface area contributed by atoms with Gasteiger partial charge < -0.3 is 15.2 Å². The van der Waals surface area contributed by atoms with Crippen molar-refractivity contribution in [1.29, 1.82) is 0 Å². The molecule has 0 aliphatic carbocycles. The smallest absolute Gasteiger partial charge is 0.191 e. The van der Waals surface area contributed by atoms with Gasteiger partial charge in [0, 0.05) is 25.8 Å². The van der Waals surface area contributed by atoms with Crippen LogP contribution in [0.4, 0.5) is 4.39 Å². The normalized spacial score (nSPS) is 11.8. The molecule has 1 aromatic heterocycles. The van der Waals surface area contributed by atoms with Crippen molar-refractivity contribution in [2.45, 2.75) is 18.4 Å². The first kappa shape index (κ1) is 25.0. The Morgan fingerprint density at radius 2 is 1.93 bits per heavy atom. The summed E-state index contributed by atoms with van der Waals surface area (Å²) in [4.78, 5) is 4.09. The average Bonchev–Trinajstić information content (AvgIpc) is 2.86. The van der Waals surface area contributed by atoms with Gasteiger partial charge in [-0.25, -0.2) is 17.8 Å². The first-order valence-corrected chi connectivity index (χ1v) is 10.7. The van der Waals surface area contributed by atoms with Crippen LogP contribution in [0, 0.1) is 5.82 Å². The molecule has 0 spiro atoms. The summed E-state index contributed by atoms with van der Waals surface area (Å²) in [6.45, 7) is 2.87. The number of nitrogens with zero attached hydrogens (tertiary/aromatic N) is 2. The van der Waals surface area contributed by atoms with Crippen molar-refractivity contribution >= 4 is 63.0 Å². The molecule has 11 heteroatoms. The topological polar surface area (TPSA) is 75.5 Å². The van der Waals surface area contributed by atoms with Crippen molar-refractivity contribution in [2.24, 2.45) is 12.0 Å². The van der Waals surface area contributed by atoms with Crippen LogP contribution in [-0.4, -0.2) is 37.8 Å². The second-order valence-corrected chi connectivity index (χ2v) is 8.55. The van der Waals surface area contributed by atoms with E-state index in [-0.39, 0.29) is 41.2 Å². The van der Waals surface area contributed by atoms with Gasteiger partial charge in [-0.1, -0.05) is 35.3 Å². The van der Waals surface area contributed by atoms with E-state index in [1.54, 1.807) is 17.7 Å². The molecule has 0 saturated carbocycles. The molecule has 2 aromatic rings. The summed E-state index contributed by atoms with van der Waals surface area (Å²) < 4.78 is 40.0. The SMILES string of the molecule is CCNC(=NCc1cc(Cl)c(Cl)n1C)NCCS(=O)(=O)c1ccccc1F.I. The van der Waals surface area contributed by atoms with E-state index in [0.717, 1.165) is 11.8 Å². The molecule has 2 N–H and O–H groups in total. The van der Waals surface area contributed by atoms with E-state index in [4.69, 9.17) is 23.2 Å². The largest absolute Gasteiger partial charge is 0.357 e. The fourth-order valence-electron chi connectivity index (χ4n) is 2.35. The lowest BCUT2D eigenvalue weighted by atomic mass is 10.3. The number of halogens is 4. The highest BCUT2D eigenvalue weighted by Gasteiger charge is 2.18. The third kappa shape index (κ3) is 6.50. The Kier molecular flexibility index (Phi) is 10.0. The molecule has 156 valence electrons. The van der Waals surface area contributed by atoms with Gasteiger partial charge in [-0.05, 0) is 25.1 Å². The predicted molar refractivity (Wildman–Crippen MR) is 122 cm³/mol. The first-order valence-electron chi connectivity index (χ1n) is 8.25. The molecule has 1 aromatic carbocycles. The summed E-state index contributed by atoms with van der Waals surface area (Å²) in [5.41, 5.74) is 0.807. The van der Waals surface area contributed by atoms with Gasteiger partial charge in [-0.15, -0.1) is 24.0 Å². The Morgan fingerprint density at radius 3 is 2.50 bits per heavy atom. The molecule has 0 aliphatic rings. The Labute approximate surface area is 191 Å². The molecule has 28 heavy (non-hydrogen) atoms. The summed E-state index contributed by atoms with van der Waals surface area (Å²) in [5.74, 6) is -0.578.